The van der Waals surface area contributed by atoms with Crippen molar-refractivity contribution in [2.75, 3.05) is 19.7 Å². The zero-order valence-electron chi connectivity index (χ0n) is 11.1. The molecule has 1 fully saturated rings. The van der Waals surface area contributed by atoms with E-state index < -0.39 is 0 Å². The summed E-state index contributed by atoms with van der Waals surface area (Å²) in [5.41, 5.74) is 0.623. The number of hydrogen-bond acceptors (Lipinski definition) is 3. The maximum Gasteiger partial charge on any atom is 0.255 e. The number of hydrogen-bond donors (Lipinski definition) is 2. The van der Waals surface area contributed by atoms with Crippen LogP contribution in [0.2, 0.25) is 0 Å². The average Bonchev–Trinajstić information content (AvgIpc) is 2.89. The summed E-state index contributed by atoms with van der Waals surface area (Å²) in [6.45, 7) is 4.50. The highest BCUT2D eigenvalue weighted by atomic mass is 35.5. The van der Waals surface area contributed by atoms with E-state index in [0.29, 0.717) is 17.9 Å². The molecule has 0 spiro atoms. The van der Waals surface area contributed by atoms with Gasteiger partial charge in [0.2, 0.25) is 0 Å². The summed E-state index contributed by atoms with van der Waals surface area (Å²) in [4.78, 5) is 12.2. The highest BCUT2D eigenvalue weighted by molar-refractivity contribution is 5.97. The highest BCUT2D eigenvalue weighted by Gasteiger charge is 2.19. The first-order chi connectivity index (χ1) is 8.81. The Morgan fingerprint density at radius 3 is 2.95 bits per heavy atom. The van der Waals surface area contributed by atoms with Crippen molar-refractivity contribution in [3.63, 3.8) is 0 Å². The lowest BCUT2D eigenvalue weighted by Crippen LogP contribution is -2.36. The number of amides is 1. The largest absolute Gasteiger partial charge is 0.493 e. The van der Waals surface area contributed by atoms with Gasteiger partial charge >= 0.3 is 0 Å². The standard InChI is InChI=1S/C14H20N2O2.ClH/c1-2-9-18-13-6-4-3-5-12(13)14(17)16-11-7-8-15-10-11;/h3-6,11,15H,2,7-10H2,1H3,(H,16,17);1H. The number of nitrogens with one attached hydrogen (secondary N) is 2. The minimum atomic E-state index is -0.0459. The molecule has 2 rings (SSSR count). The molecule has 1 saturated heterocycles. The van der Waals surface area contributed by atoms with Gasteiger partial charge in [-0.05, 0) is 31.5 Å². The van der Waals surface area contributed by atoms with E-state index in [4.69, 9.17) is 4.74 Å². The molecule has 1 heterocycles. The maximum absolute atomic E-state index is 12.2. The van der Waals surface area contributed by atoms with Gasteiger partial charge in [-0.25, -0.2) is 0 Å². The maximum atomic E-state index is 12.2. The number of para-hydroxylation sites is 1. The summed E-state index contributed by atoms with van der Waals surface area (Å²) in [5.74, 6) is 0.623. The fourth-order valence-electron chi connectivity index (χ4n) is 2.03. The van der Waals surface area contributed by atoms with Crippen molar-refractivity contribution in [2.24, 2.45) is 0 Å². The van der Waals surface area contributed by atoms with Gasteiger partial charge in [-0.15, -0.1) is 12.4 Å². The Kier molecular flexibility index (Phi) is 6.67. The van der Waals surface area contributed by atoms with E-state index in [9.17, 15) is 4.79 Å². The molecule has 1 amide bonds. The van der Waals surface area contributed by atoms with Crippen LogP contribution in [0.1, 0.15) is 30.1 Å². The van der Waals surface area contributed by atoms with E-state index in [0.717, 1.165) is 25.9 Å². The van der Waals surface area contributed by atoms with Crippen molar-refractivity contribution in [1.82, 2.24) is 10.6 Å². The third-order valence-electron chi connectivity index (χ3n) is 2.99. The van der Waals surface area contributed by atoms with E-state index in [1.165, 1.54) is 0 Å². The molecule has 106 valence electrons. The molecule has 0 radical (unpaired) electrons. The fraction of sp³-hybridized carbons (Fsp3) is 0.500. The van der Waals surface area contributed by atoms with Crippen molar-refractivity contribution < 1.29 is 9.53 Å². The molecule has 0 aliphatic carbocycles. The van der Waals surface area contributed by atoms with Crippen LogP contribution in [-0.2, 0) is 0 Å². The number of carbonyl (C=O) groups excluding carboxylic acids is 1. The first-order valence-corrected chi connectivity index (χ1v) is 6.54. The van der Waals surface area contributed by atoms with Gasteiger partial charge in [-0.2, -0.15) is 0 Å². The average molecular weight is 285 g/mol. The molecule has 1 aromatic carbocycles. The highest BCUT2D eigenvalue weighted by Crippen LogP contribution is 2.18. The molecular weight excluding hydrogens is 264 g/mol. The van der Waals surface area contributed by atoms with Gasteiger partial charge in [0, 0.05) is 12.6 Å². The smallest absolute Gasteiger partial charge is 0.255 e. The number of carbonyl (C=O) groups is 1. The summed E-state index contributed by atoms with van der Waals surface area (Å²) in [7, 11) is 0. The van der Waals surface area contributed by atoms with Crippen LogP contribution in [0.3, 0.4) is 0 Å². The monoisotopic (exact) mass is 284 g/mol. The molecule has 1 atom stereocenters. The Morgan fingerprint density at radius 2 is 2.26 bits per heavy atom. The third kappa shape index (κ3) is 4.40. The second-order valence-electron chi connectivity index (χ2n) is 4.51. The fourth-order valence-corrected chi connectivity index (χ4v) is 2.03. The summed E-state index contributed by atoms with van der Waals surface area (Å²) >= 11 is 0. The van der Waals surface area contributed by atoms with Crippen LogP contribution in [0.15, 0.2) is 24.3 Å². The zero-order chi connectivity index (χ0) is 12.8. The van der Waals surface area contributed by atoms with Crippen molar-refractivity contribution >= 4 is 18.3 Å². The van der Waals surface area contributed by atoms with E-state index >= 15 is 0 Å². The number of ether oxygens (including phenoxy) is 1. The molecule has 1 unspecified atom stereocenters. The van der Waals surface area contributed by atoms with Crippen LogP contribution in [0.25, 0.3) is 0 Å². The van der Waals surface area contributed by atoms with Crippen molar-refractivity contribution in [3.8, 4) is 5.75 Å². The van der Waals surface area contributed by atoms with Crippen LogP contribution in [0.4, 0.5) is 0 Å². The summed E-state index contributed by atoms with van der Waals surface area (Å²) in [6.07, 6.45) is 1.92. The molecule has 1 aliphatic rings. The van der Waals surface area contributed by atoms with Crippen LogP contribution in [0, 0.1) is 0 Å². The van der Waals surface area contributed by atoms with Crippen LogP contribution in [0.5, 0.6) is 5.75 Å². The molecular formula is C14H21ClN2O2. The normalized spacial score (nSPS) is 17.6. The van der Waals surface area contributed by atoms with Crippen LogP contribution >= 0.6 is 12.4 Å². The quantitative estimate of drug-likeness (QED) is 0.869. The van der Waals surface area contributed by atoms with Gasteiger partial charge < -0.3 is 15.4 Å². The molecule has 0 saturated carbocycles. The van der Waals surface area contributed by atoms with Gasteiger partial charge in [0.15, 0.2) is 0 Å². The Labute approximate surface area is 120 Å². The molecule has 0 aromatic heterocycles. The van der Waals surface area contributed by atoms with E-state index in [1.807, 2.05) is 31.2 Å². The van der Waals surface area contributed by atoms with Crippen molar-refractivity contribution in [3.05, 3.63) is 29.8 Å². The molecule has 1 aromatic rings. The van der Waals surface area contributed by atoms with Gasteiger partial charge in [0.25, 0.3) is 5.91 Å². The van der Waals surface area contributed by atoms with Gasteiger partial charge in [-0.3, -0.25) is 4.79 Å². The predicted octanol–water partition coefficient (Wildman–Crippen LogP) is 1.99. The second kappa shape index (κ2) is 8.02. The molecule has 2 N–H and O–H groups in total. The first-order valence-electron chi connectivity index (χ1n) is 6.54. The summed E-state index contributed by atoms with van der Waals surface area (Å²) in [6, 6.07) is 7.64. The summed E-state index contributed by atoms with van der Waals surface area (Å²) < 4.78 is 5.60. The number of benzene rings is 1. The van der Waals surface area contributed by atoms with Crippen molar-refractivity contribution in [1.29, 1.82) is 0 Å². The Balaban J connectivity index is 0.00000180. The van der Waals surface area contributed by atoms with Crippen LogP contribution in [-0.4, -0.2) is 31.6 Å². The lowest BCUT2D eigenvalue weighted by atomic mass is 10.1. The first kappa shape index (κ1) is 15.8. The number of halogens is 1. The molecule has 0 bridgehead atoms. The Bertz CT molecular complexity index is 406. The lowest BCUT2D eigenvalue weighted by molar-refractivity contribution is 0.0936. The second-order valence-corrected chi connectivity index (χ2v) is 4.51. The molecule has 4 nitrogen and oxygen atoms in total. The van der Waals surface area contributed by atoms with Crippen molar-refractivity contribution in [2.45, 2.75) is 25.8 Å². The Hall–Kier alpha value is -1.26. The van der Waals surface area contributed by atoms with Gasteiger partial charge in [0.1, 0.15) is 5.75 Å². The zero-order valence-corrected chi connectivity index (χ0v) is 12.0. The molecule has 5 heteroatoms. The van der Waals surface area contributed by atoms with Gasteiger partial charge in [0.05, 0.1) is 12.2 Å². The molecule has 19 heavy (non-hydrogen) atoms. The molecule has 1 aliphatic heterocycles. The lowest BCUT2D eigenvalue weighted by Gasteiger charge is -2.14. The predicted molar refractivity (Wildman–Crippen MR) is 78.2 cm³/mol. The SMILES string of the molecule is CCCOc1ccccc1C(=O)NC1CCNC1.Cl. The summed E-state index contributed by atoms with van der Waals surface area (Å²) in [5, 5.41) is 6.26. The topological polar surface area (TPSA) is 50.4 Å². The van der Waals surface area contributed by atoms with E-state index in [1.54, 1.807) is 0 Å². The number of rotatable bonds is 5. The minimum Gasteiger partial charge on any atom is -0.493 e. The minimum absolute atomic E-state index is 0. The van der Waals surface area contributed by atoms with Gasteiger partial charge in [-0.1, -0.05) is 19.1 Å². The van der Waals surface area contributed by atoms with E-state index in [-0.39, 0.29) is 24.4 Å². The van der Waals surface area contributed by atoms with E-state index in [2.05, 4.69) is 10.6 Å². The van der Waals surface area contributed by atoms with Crippen LogP contribution < -0.4 is 15.4 Å². The third-order valence-corrected chi connectivity index (χ3v) is 2.99. The Morgan fingerprint density at radius 1 is 1.47 bits per heavy atom.